The number of fused-ring (bicyclic) bond motifs is 1. The fraction of sp³-hybridized carbons (Fsp3) is 0.364. The molecule has 0 aromatic heterocycles. The fourth-order valence-corrected chi connectivity index (χ4v) is 4.04. The first kappa shape index (κ1) is 18.5. The third-order valence-corrected chi connectivity index (χ3v) is 5.58. The van der Waals surface area contributed by atoms with Crippen molar-refractivity contribution >= 4 is 11.8 Å². The van der Waals surface area contributed by atoms with Gasteiger partial charge in [-0.15, -0.1) is 0 Å². The number of imide groups is 1. The van der Waals surface area contributed by atoms with Crippen LogP contribution in [0.15, 0.2) is 42.5 Å². The lowest BCUT2D eigenvalue weighted by Gasteiger charge is -2.32. The Bertz CT molecular complexity index is 897. The first-order valence-electron chi connectivity index (χ1n) is 9.46. The first-order valence-corrected chi connectivity index (χ1v) is 9.46. The van der Waals surface area contributed by atoms with E-state index in [9.17, 15) is 9.59 Å². The Morgan fingerprint density at radius 1 is 1.00 bits per heavy atom. The minimum Gasteiger partial charge on any atom is -0.493 e. The third-order valence-electron chi connectivity index (χ3n) is 5.58. The molecule has 1 saturated heterocycles. The molecule has 2 aromatic carbocycles. The Labute approximate surface area is 164 Å². The van der Waals surface area contributed by atoms with Crippen molar-refractivity contribution in [3.63, 3.8) is 0 Å². The lowest BCUT2D eigenvalue weighted by molar-refractivity contribution is -0.141. The van der Waals surface area contributed by atoms with Crippen molar-refractivity contribution in [1.82, 2.24) is 9.80 Å². The third kappa shape index (κ3) is 3.36. The number of methoxy groups -OCH3 is 2. The molecule has 6 heteroatoms. The molecule has 0 radical (unpaired) electrons. The van der Waals surface area contributed by atoms with Crippen molar-refractivity contribution in [3.8, 4) is 11.5 Å². The van der Waals surface area contributed by atoms with Crippen LogP contribution in [-0.4, -0.2) is 49.0 Å². The van der Waals surface area contributed by atoms with E-state index in [0.29, 0.717) is 19.0 Å². The minimum atomic E-state index is -0.366. The summed E-state index contributed by atoms with van der Waals surface area (Å²) in [5.74, 6) is 0.854. The van der Waals surface area contributed by atoms with Gasteiger partial charge < -0.3 is 9.47 Å². The topological polar surface area (TPSA) is 59.1 Å². The number of hydrogen-bond acceptors (Lipinski definition) is 5. The van der Waals surface area contributed by atoms with Gasteiger partial charge in [0.2, 0.25) is 11.8 Å². The van der Waals surface area contributed by atoms with E-state index in [2.05, 4.69) is 4.90 Å². The molecule has 0 N–H and O–H groups in total. The zero-order chi connectivity index (χ0) is 19.7. The molecule has 0 unspecified atom stereocenters. The summed E-state index contributed by atoms with van der Waals surface area (Å²) in [7, 11) is 3.25. The van der Waals surface area contributed by atoms with Crippen LogP contribution in [-0.2, 0) is 22.6 Å². The van der Waals surface area contributed by atoms with Crippen LogP contribution in [0.25, 0.3) is 0 Å². The van der Waals surface area contributed by atoms with Gasteiger partial charge in [0.1, 0.15) is 0 Å². The molecule has 1 fully saturated rings. The largest absolute Gasteiger partial charge is 0.493 e. The van der Waals surface area contributed by atoms with Gasteiger partial charge in [0.15, 0.2) is 11.5 Å². The predicted octanol–water partition coefficient (Wildman–Crippen LogP) is 2.56. The second kappa shape index (κ2) is 7.64. The lowest BCUT2D eigenvalue weighted by Crippen LogP contribution is -2.43. The molecule has 0 spiro atoms. The number of nitrogens with zero attached hydrogens (tertiary/aromatic N) is 2. The number of amides is 2. The molecule has 2 aromatic rings. The Kier molecular flexibility index (Phi) is 5.05. The van der Waals surface area contributed by atoms with Crippen molar-refractivity contribution in [2.75, 3.05) is 27.4 Å². The second-order valence-electron chi connectivity index (χ2n) is 7.25. The summed E-state index contributed by atoms with van der Waals surface area (Å²) < 4.78 is 10.8. The molecule has 28 heavy (non-hydrogen) atoms. The highest BCUT2D eigenvalue weighted by Crippen LogP contribution is 2.34. The van der Waals surface area contributed by atoms with Crippen LogP contribution in [0.4, 0.5) is 0 Å². The molecule has 2 amide bonds. The van der Waals surface area contributed by atoms with E-state index in [1.54, 1.807) is 14.2 Å². The van der Waals surface area contributed by atoms with Gasteiger partial charge in [0.05, 0.1) is 26.8 Å². The Morgan fingerprint density at radius 3 is 2.36 bits per heavy atom. The Hall–Kier alpha value is -2.86. The van der Waals surface area contributed by atoms with E-state index in [1.165, 1.54) is 10.5 Å². The monoisotopic (exact) mass is 380 g/mol. The van der Waals surface area contributed by atoms with Crippen LogP contribution < -0.4 is 9.47 Å². The molecule has 146 valence electrons. The van der Waals surface area contributed by atoms with E-state index in [4.69, 9.17) is 9.47 Å². The van der Waals surface area contributed by atoms with Crippen molar-refractivity contribution in [2.24, 2.45) is 0 Å². The predicted molar refractivity (Wildman–Crippen MR) is 104 cm³/mol. The summed E-state index contributed by atoms with van der Waals surface area (Å²) in [6.07, 6.45) is 1.09. The molecular formula is C22H24N2O4. The number of hydrogen-bond donors (Lipinski definition) is 0. The van der Waals surface area contributed by atoms with Crippen molar-refractivity contribution in [1.29, 1.82) is 0 Å². The second-order valence-corrected chi connectivity index (χ2v) is 7.25. The summed E-state index contributed by atoms with van der Waals surface area (Å²) in [5.41, 5.74) is 3.27. The SMILES string of the molecule is COc1cc2c(cc1OC)CN(CN1C(=O)C[C@@H](c3ccccc3)C1=O)CC2. The van der Waals surface area contributed by atoms with Crippen LogP contribution in [0, 0.1) is 0 Å². The van der Waals surface area contributed by atoms with Gasteiger partial charge in [-0.05, 0) is 35.2 Å². The van der Waals surface area contributed by atoms with Gasteiger partial charge in [0.25, 0.3) is 0 Å². The average Bonchev–Trinajstić information content (AvgIpc) is 3.01. The standard InChI is InChI=1S/C22H24N2O4/c1-27-19-10-16-8-9-23(13-17(16)11-20(19)28-2)14-24-21(25)12-18(22(24)26)15-6-4-3-5-7-15/h3-7,10-11,18H,8-9,12-14H2,1-2H3/t18-/m0/s1. The van der Waals surface area contributed by atoms with Crippen molar-refractivity contribution in [3.05, 3.63) is 59.2 Å². The van der Waals surface area contributed by atoms with E-state index in [0.717, 1.165) is 29.8 Å². The summed E-state index contributed by atoms with van der Waals surface area (Å²) in [4.78, 5) is 28.9. The van der Waals surface area contributed by atoms with Gasteiger partial charge in [0, 0.05) is 19.5 Å². The number of carbonyl (C=O) groups excluding carboxylic acids is 2. The number of carbonyl (C=O) groups is 2. The van der Waals surface area contributed by atoms with Crippen molar-refractivity contribution in [2.45, 2.75) is 25.3 Å². The van der Waals surface area contributed by atoms with Crippen LogP contribution in [0.3, 0.4) is 0 Å². The molecular weight excluding hydrogens is 356 g/mol. The summed E-state index contributed by atoms with van der Waals surface area (Å²) >= 11 is 0. The molecule has 0 saturated carbocycles. The Balaban J connectivity index is 1.48. The average molecular weight is 380 g/mol. The van der Waals surface area contributed by atoms with E-state index >= 15 is 0 Å². The van der Waals surface area contributed by atoms with Gasteiger partial charge in [-0.2, -0.15) is 0 Å². The zero-order valence-electron chi connectivity index (χ0n) is 16.2. The molecule has 0 bridgehead atoms. The summed E-state index contributed by atoms with van der Waals surface area (Å²) in [6.45, 7) is 1.78. The summed E-state index contributed by atoms with van der Waals surface area (Å²) in [6, 6.07) is 13.5. The zero-order valence-corrected chi connectivity index (χ0v) is 16.2. The fourth-order valence-electron chi connectivity index (χ4n) is 4.04. The molecule has 2 aliphatic rings. The molecule has 4 rings (SSSR count). The van der Waals surface area contributed by atoms with E-state index in [-0.39, 0.29) is 24.2 Å². The van der Waals surface area contributed by atoms with E-state index in [1.807, 2.05) is 42.5 Å². The number of likely N-dealkylation sites (tertiary alicyclic amines) is 1. The van der Waals surface area contributed by atoms with Gasteiger partial charge in [-0.1, -0.05) is 30.3 Å². The lowest BCUT2D eigenvalue weighted by atomic mass is 9.98. The maximum absolute atomic E-state index is 12.9. The highest BCUT2D eigenvalue weighted by Gasteiger charge is 2.40. The highest BCUT2D eigenvalue weighted by atomic mass is 16.5. The van der Waals surface area contributed by atoms with Gasteiger partial charge in [-0.3, -0.25) is 19.4 Å². The molecule has 0 aliphatic carbocycles. The normalized spacial score (nSPS) is 19.6. The van der Waals surface area contributed by atoms with Crippen LogP contribution >= 0.6 is 0 Å². The maximum atomic E-state index is 12.9. The minimum absolute atomic E-state index is 0.100. The molecule has 6 nitrogen and oxygen atoms in total. The number of benzene rings is 2. The quantitative estimate of drug-likeness (QED) is 0.746. The smallest absolute Gasteiger partial charge is 0.238 e. The van der Waals surface area contributed by atoms with Crippen molar-refractivity contribution < 1.29 is 19.1 Å². The van der Waals surface area contributed by atoms with Crippen LogP contribution in [0.1, 0.15) is 29.0 Å². The highest BCUT2D eigenvalue weighted by molar-refractivity contribution is 6.06. The Morgan fingerprint density at radius 2 is 1.68 bits per heavy atom. The van der Waals surface area contributed by atoms with Crippen LogP contribution in [0.5, 0.6) is 11.5 Å². The van der Waals surface area contributed by atoms with Crippen LogP contribution in [0.2, 0.25) is 0 Å². The molecule has 1 atom stereocenters. The first-order chi connectivity index (χ1) is 13.6. The number of rotatable bonds is 5. The number of ether oxygens (including phenoxy) is 2. The maximum Gasteiger partial charge on any atom is 0.238 e. The summed E-state index contributed by atoms with van der Waals surface area (Å²) in [5, 5.41) is 0. The van der Waals surface area contributed by atoms with Gasteiger partial charge >= 0.3 is 0 Å². The van der Waals surface area contributed by atoms with Gasteiger partial charge in [-0.25, -0.2) is 0 Å². The molecule has 2 heterocycles. The van der Waals surface area contributed by atoms with E-state index < -0.39 is 0 Å². The molecule has 2 aliphatic heterocycles.